The molecular formula is C22H18FN3O4. The topological polar surface area (TPSA) is 86.5 Å². The summed E-state index contributed by atoms with van der Waals surface area (Å²) >= 11 is 0. The molecule has 0 unspecified atom stereocenters. The van der Waals surface area contributed by atoms with Crippen molar-refractivity contribution >= 4 is 17.1 Å². The maximum atomic E-state index is 13.7. The molecule has 152 valence electrons. The van der Waals surface area contributed by atoms with Gasteiger partial charge in [-0.3, -0.25) is 0 Å². The van der Waals surface area contributed by atoms with E-state index in [9.17, 15) is 9.18 Å². The number of carboxylic acids is 1. The van der Waals surface area contributed by atoms with Crippen molar-refractivity contribution in [2.75, 3.05) is 0 Å². The quantitative estimate of drug-likeness (QED) is 0.507. The standard InChI is InChI=1S/C22H18FN3O4/c1-13-6-7-16(11-17(13)23)30-20-9-8-18-21(25-20)26(2)19(24-18)12-29-15-5-3-4-14(10-15)22(27)28/h3-11H,12H2,1-2H3,(H,27,28). The molecule has 0 spiro atoms. The number of hydrogen-bond acceptors (Lipinski definition) is 5. The van der Waals surface area contributed by atoms with Gasteiger partial charge in [-0.15, -0.1) is 0 Å². The molecule has 0 bridgehead atoms. The third kappa shape index (κ3) is 3.93. The molecule has 7 nitrogen and oxygen atoms in total. The monoisotopic (exact) mass is 407 g/mol. The predicted molar refractivity (Wildman–Crippen MR) is 107 cm³/mol. The summed E-state index contributed by atoms with van der Waals surface area (Å²) in [7, 11) is 1.80. The third-order valence-electron chi connectivity index (χ3n) is 4.60. The van der Waals surface area contributed by atoms with Gasteiger partial charge in [-0.25, -0.2) is 14.2 Å². The second-order valence-corrected chi connectivity index (χ2v) is 6.71. The van der Waals surface area contributed by atoms with Crippen LogP contribution in [0.25, 0.3) is 11.2 Å². The van der Waals surface area contributed by atoms with Crippen molar-refractivity contribution in [3.8, 4) is 17.4 Å². The van der Waals surface area contributed by atoms with Crippen LogP contribution in [0.2, 0.25) is 0 Å². The van der Waals surface area contributed by atoms with Gasteiger partial charge in [0.25, 0.3) is 0 Å². The van der Waals surface area contributed by atoms with Crippen LogP contribution >= 0.6 is 0 Å². The number of aromatic carboxylic acids is 1. The van der Waals surface area contributed by atoms with Crippen molar-refractivity contribution in [2.24, 2.45) is 7.05 Å². The summed E-state index contributed by atoms with van der Waals surface area (Å²) in [5, 5.41) is 9.08. The van der Waals surface area contributed by atoms with Gasteiger partial charge in [-0.05, 0) is 42.8 Å². The molecule has 0 saturated heterocycles. The molecule has 0 aliphatic heterocycles. The Bertz CT molecular complexity index is 1250. The fourth-order valence-electron chi connectivity index (χ4n) is 2.90. The second-order valence-electron chi connectivity index (χ2n) is 6.71. The van der Waals surface area contributed by atoms with Crippen LogP contribution in [0.5, 0.6) is 17.4 Å². The summed E-state index contributed by atoms with van der Waals surface area (Å²) in [5.74, 6) is 0.343. The Morgan fingerprint density at radius 3 is 2.70 bits per heavy atom. The van der Waals surface area contributed by atoms with Crippen molar-refractivity contribution in [3.05, 3.63) is 77.4 Å². The number of nitrogens with zero attached hydrogens (tertiary/aromatic N) is 3. The number of halogens is 1. The normalized spacial score (nSPS) is 10.9. The maximum Gasteiger partial charge on any atom is 0.335 e. The predicted octanol–water partition coefficient (Wildman–Crippen LogP) is 4.49. The fraction of sp³-hybridized carbons (Fsp3) is 0.136. The molecule has 4 rings (SSSR count). The lowest BCUT2D eigenvalue weighted by molar-refractivity contribution is 0.0696. The number of pyridine rings is 1. The van der Waals surface area contributed by atoms with E-state index in [1.165, 1.54) is 18.2 Å². The maximum absolute atomic E-state index is 13.7. The van der Waals surface area contributed by atoms with Gasteiger partial charge in [0.2, 0.25) is 5.88 Å². The highest BCUT2D eigenvalue weighted by molar-refractivity contribution is 5.88. The van der Waals surface area contributed by atoms with E-state index in [0.29, 0.717) is 39.9 Å². The second kappa shape index (κ2) is 7.82. The molecule has 0 radical (unpaired) electrons. The highest BCUT2D eigenvalue weighted by Gasteiger charge is 2.12. The highest BCUT2D eigenvalue weighted by Crippen LogP contribution is 2.24. The zero-order valence-electron chi connectivity index (χ0n) is 16.3. The molecule has 1 N–H and O–H groups in total. The van der Waals surface area contributed by atoms with Gasteiger partial charge in [-0.2, -0.15) is 4.98 Å². The molecule has 8 heteroatoms. The van der Waals surface area contributed by atoms with E-state index in [0.717, 1.165) is 0 Å². The smallest absolute Gasteiger partial charge is 0.335 e. The molecule has 0 atom stereocenters. The van der Waals surface area contributed by atoms with Crippen molar-refractivity contribution in [1.82, 2.24) is 14.5 Å². The number of imidazole rings is 1. The van der Waals surface area contributed by atoms with Crippen LogP contribution in [0.4, 0.5) is 4.39 Å². The first kappa shape index (κ1) is 19.4. The van der Waals surface area contributed by atoms with Gasteiger partial charge in [-0.1, -0.05) is 12.1 Å². The van der Waals surface area contributed by atoms with Crippen LogP contribution in [-0.4, -0.2) is 25.6 Å². The summed E-state index contributed by atoms with van der Waals surface area (Å²) in [5.41, 5.74) is 1.92. The van der Waals surface area contributed by atoms with Crippen LogP contribution in [0.3, 0.4) is 0 Å². The minimum atomic E-state index is -1.02. The molecule has 4 aromatic rings. The molecule has 30 heavy (non-hydrogen) atoms. The molecule has 2 aromatic heterocycles. The Hall–Kier alpha value is -3.94. The largest absolute Gasteiger partial charge is 0.486 e. The molecule has 0 saturated carbocycles. The summed E-state index contributed by atoms with van der Waals surface area (Å²) in [6, 6.07) is 14.3. The fourth-order valence-corrected chi connectivity index (χ4v) is 2.90. The number of benzene rings is 2. The number of aromatic nitrogens is 3. The Morgan fingerprint density at radius 2 is 1.93 bits per heavy atom. The number of ether oxygens (including phenoxy) is 2. The number of carbonyl (C=O) groups is 1. The first-order chi connectivity index (χ1) is 14.4. The highest BCUT2D eigenvalue weighted by atomic mass is 19.1. The van der Waals surface area contributed by atoms with Crippen LogP contribution < -0.4 is 9.47 Å². The van der Waals surface area contributed by atoms with Crippen molar-refractivity contribution < 1.29 is 23.8 Å². The number of fused-ring (bicyclic) bond motifs is 1. The minimum absolute atomic E-state index is 0.134. The summed E-state index contributed by atoms with van der Waals surface area (Å²) in [6.45, 7) is 1.82. The Balaban J connectivity index is 1.54. The molecule has 0 aliphatic rings. The van der Waals surface area contributed by atoms with Gasteiger partial charge < -0.3 is 19.1 Å². The first-order valence-corrected chi connectivity index (χ1v) is 9.13. The van der Waals surface area contributed by atoms with E-state index in [1.807, 2.05) is 0 Å². The molecular weight excluding hydrogens is 389 g/mol. The molecule has 0 fully saturated rings. The summed E-state index contributed by atoms with van der Waals surface area (Å²) in [4.78, 5) is 20.0. The number of rotatable bonds is 6. The van der Waals surface area contributed by atoms with Crippen LogP contribution in [0.15, 0.2) is 54.6 Å². The summed E-state index contributed by atoms with van der Waals surface area (Å²) in [6.07, 6.45) is 0. The van der Waals surface area contributed by atoms with Crippen molar-refractivity contribution in [2.45, 2.75) is 13.5 Å². The average Bonchev–Trinajstić information content (AvgIpc) is 3.05. The van der Waals surface area contributed by atoms with Crippen molar-refractivity contribution in [1.29, 1.82) is 0 Å². The first-order valence-electron chi connectivity index (χ1n) is 9.13. The van der Waals surface area contributed by atoms with Crippen LogP contribution in [0, 0.1) is 12.7 Å². The number of carboxylic acid groups (broad SMARTS) is 1. The number of hydrogen-bond donors (Lipinski definition) is 1. The summed E-state index contributed by atoms with van der Waals surface area (Å²) < 4.78 is 26.9. The van der Waals surface area contributed by atoms with E-state index in [4.69, 9.17) is 14.6 Å². The zero-order valence-corrected chi connectivity index (χ0v) is 16.3. The van der Waals surface area contributed by atoms with E-state index < -0.39 is 5.97 Å². The van der Waals surface area contributed by atoms with E-state index >= 15 is 0 Å². The van der Waals surface area contributed by atoms with Gasteiger partial charge in [0.05, 0.1) is 5.56 Å². The van der Waals surface area contributed by atoms with E-state index in [-0.39, 0.29) is 18.0 Å². The van der Waals surface area contributed by atoms with Crippen LogP contribution in [-0.2, 0) is 13.7 Å². The van der Waals surface area contributed by atoms with Gasteiger partial charge in [0.1, 0.15) is 35.3 Å². The van der Waals surface area contributed by atoms with Crippen molar-refractivity contribution in [3.63, 3.8) is 0 Å². The van der Waals surface area contributed by atoms with Gasteiger partial charge >= 0.3 is 5.97 Å². The SMILES string of the molecule is Cc1ccc(Oc2ccc3nc(COc4cccc(C(=O)O)c4)n(C)c3n2)cc1F. The molecule has 0 aliphatic carbocycles. The number of aryl methyl sites for hydroxylation is 2. The lowest BCUT2D eigenvalue weighted by Gasteiger charge is -2.07. The van der Waals surface area contributed by atoms with E-state index in [1.54, 1.807) is 54.9 Å². The Labute approximate surface area is 171 Å². The van der Waals surface area contributed by atoms with E-state index in [2.05, 4.69) is 9.97 Å². The lowest BCUT2D eigenvalue weighted by Crippen LogP contribution is -2.04. The Kier molecular flexibility index (Phi) is 5.05. The molecule has 2 aromatic carbocycles. The molecule has 2 heterocycles. The lowest BCUT2D eigenvalue weighted by atomic mass is 10.2. The van der Waals surface area contributed by atoms with Crippen LogP contribution in [0.1, 0.15) is 21.7 Å². The Morgan fingerprint density at radius 1 is 1.10 bits per heavy atom. The molecule has 0 amide bonds. The van der Waals surface area contributed by atoms with Gasteiger partial charge in [0.15, 0.2) is 5.65 Å². The average molecular weight is 407 g/mol. The minimum Gasteiger partial charge on any atom is -0.486 e. The van der Waals surface area contributed by atoms with Gasteiger partial charge in [0, 0.05) is 19.2 Å². The zero-order chi connectivity index (χ0) is 21.3. The third-order valence-corrected chi connectivity index (χ3v) is 4.60.